The van der Waals surface area contributed by atoms with Crippen LogP contribution in [0.2, 0.25) is 0 Å². The number of carbonyl (C=O) groups excluding carboxylic acids is 2. The second-order valence-electron chi connectivity index (χ2n) is 14.8. The first-order valence-electron chi connectivity index (χ1n) is 18.4. The number of thiophene rings is 1. The van der Waals surface area contributed by atoms with Crippen molar-refractivity contribution in [2.24, 2.45) is 13.0 Å². The van der Waals surface area contributed by atoms with Crippen molar-refractivity contribution in [2.75, 3.05) is 26.2 Å². The number of aryl methyl sites for hydroxylation is 3. The van der Waals surface area contributed by atoms with Crippen molar-refractivity contribution in [1.29, 1.82) is 0 Å². The van der Waals surface area contributed by atoms with Crippen LogP contribution in [0, 0.1) is 19.8 Å². The summed E-state index contributed by atoms with van der Waals surface area (Å²) in [6.45, 7) is 5.66. The van der Waals surface area contributed by atoms with Crippen molar-refractivity contribution in [3.63, 3.8) is 0 Å². The van der Waals surface area contributed by atoms with Gasteiger partial charge >= 0.3 is 0 Å². The van der Waals surface area contributed by atoms with Crippen LogP contribution >= 0.6 is 11.3 Å². The van der Waals surface area contributed by atoms with Gasteiger partial charge in [-0.1, -0.05) is 42.5 Å². The lowest BCUT2D eigenvalue weighted by atomic mass is 9.79. The minimum Gasteiger partial charge on any atom is -0.388 e. The predicted octanol–water partition coefficient (Wildman–Crippen LogP) is 5.84. The zero-order valence-corrected chi connectivity index (χ0v) is 31.5. The van der Waals surface area contributed by atoms with Gasteiger partial charge in [-0.05, 0) is 62.9 Å². The number of rotatable bonds is 7. The first-order valence-corrected chi connectivity index (χ1v) is 19.2. The number of carbonyl (C=O) groups is 2. The van der Waals surface area contributed by atoms with Crippen LogP contribution in [0.3, 0.4) is 0 Å². The number of nitrogens with zero attached hydrogens (tertiary/aromatic N) is 7. The molecule has 2 amide bonds. The minimum atomic E-state index is -1.14. The molecule has 54 heavy (non-hydrogen) atoms. The van der Waals surface area contributed by atoms with E-state index in [0.29, 0.717) is 61.4 Å². The van der Waals surface area contributed by atoms with Gasteiger partial charge in [0.25, 0.3) is 11.5 Å². The van der Waals surface area contributed by atoms with Crippen molar-refractivity contribution >= 4 is 34.2 Å². The van der Waals surface area contributed by atoms with E-state index in [1.165, 1.54) is 22.2 Å². The number of aromatic nitrogens is 5. The van der Waals surface area contributed by atoms with Crippen molar-refractivity contribution in [3.8, 4) is 21.6 Å². The molecule has 6 aromatic rings. The molecule has 5 aromatic heterocycles. The van der Waals surface area contributed by atoms with Gasteiger partial charge in [-0.15, -0.1) is 11.3 Å². The van der Waals surface area contributed by atoms with Crippen LogP contribution in [0.15, 0.2) is 96.4 Å². The molecule has 2 aliphatic rings. The summed E-state index contributed by atoms with van der Waals surface area (Å²) in [5.74, 6) is -0.523. The van der Waals surface area contributed by atoms with Gasteiger partial charge in [0.05, 0.1) is 22.4 Å². The number of amides is 2. The lowest BCUT2D eigenvalue weighted by Crippen LogP contribution is -2.53. The smallest absolute Gasteiger partial charge is 0.263 e. The number of piperidine rings is 2. The highest BCUT2D eigenvalue weighted by Crippen LogP contribution is 2.41. The molecule has 2 aliphatic heterocycles. The van der Waals surface area contributed by atoms with Crippen molar-refractivity contribution in [1.82, 2.24) is 33.9 Å². The Kier molecular flexibility index (Phi) is 9.49. The van der Waals surface area contributed by atoms with Crippen LogP contribution in [0.5, 0.6) is 0 Å². The second kappa shape index (κ2) is 14.4. The van der Waals surface area contributed by atoms with Crippen LogP contribution in [0.1, 0.15) is 51.8 Å². The quantitative estimate of drug-likeness (QED) is 0.218. The monoisotopic (exact) mass is 741 g/mol. The van der Waals surface area contributed by atoms with E-state index >= 15 is 0 Å². The molecule has 0 spiro atoms. The lowest BCUT2D eigenvalue weighted by Gasteiger charge is -2.43. The Morgan fingerprint density at radius 2 is 1.59 bits per heavy atom. The molecule has 1 aromatic carbocycles. The maximum Gasteiger partial charge on any atom is 0.263 e. The summed E-state index contributed by atoms with van der Waals surface area (Å²) in [4.78, 5) is 60.7. The molecule has 0 aliphatic carbocycles. The molecule has 12 heteroatoms. The average molecular weight is 742 g/mol. The van der Waals surface area contributed by atoms with Crippen molar-refractivity contribution in [3.05, 3.63) is 124 Å². The Hall–Kier alpha value is -5.46. The number of likely N-dealkylation sites (tertiary alicyclic amines) is 2. The summed E-state index contributed by atoms with van der Waals surface area (Å²) < 4.78 is 3.28. The van der Waals surface area contributed by atoms with Gasteiger partial charge in [0, 0.05) is 96.6 Å². The number of benzene rings is 1. The van der Waals surface area contributed by atoms with Gasteiger partial charge in [0.15, 0.2) is 0 Å². The number of fused-ring (bicyclic) bond motifs is 1. The molecular weight excluding hydrogens is 699 g/mol. The van der Waals surface area contributed by atoms with Crippen LogP contribution in [-0.4, -0.2) is 82.6 Å². The Morgan fingerprint density at radius 1 is 0.889 bits per heavy atom. The van der Waals surface area contributed by atoms with Crippen LogP contribution in [0.4, 0.5) is 0 Å². The SMILES string of the molecule is Cc1ccc(-c2cc(C(=O)N3CC[C@@H](C(=O)N4CCC(O)(Cn5cnc6c(ccn6C)c5=O)CC4)[C@H](c4ccccc4)C3)sc2-c2ccc(C)nc2)cn1. The van der Waals surface area contributed by atoms with E-state index in [1.807, 2.05) is 104 Å². The van der Waals surface area contributed by atoms with Gasteiger partial charge in [-0.2, -0.15) is 0 Å². The maximum atomic E-state index is 14.4. The molecule has 0 saturated carbocycles. The molecular formula is C42H43N7O4S. The Labute approximate surface area is 317 Å². The van der Waals surface area contributed by atoms with Crippen LogP contribution < -0.4 is 5.56 Å². The van der Waals surface area contributed by atoms with Crippen molar-refractivity contribution < 1.29 is 14.7 Å². The van der Waals surface area contributed by atoms with E-state index in [-0.39, 0.29) is 35.8 Å². The Balaban J connectivity index is 1.00. The molecule has 0 radical (unpaired) electrons. The highest BCUT2D eigenvalue weighted by Gasteiger charge is 2.42. The summed E-state index contributed by atoms with van der Waals surface area (Å²) in [5.41, 5.74) is 4.97. The van der Waals surface area contributed by atoms with Gasteiger partial charge in [0.1, 0.15) is 12.0 Å². The molecule has 276 valence electrons. The average Bonchev–Trinajstić information content (AvgIpc) is 3.81. The van der Waals surface area contributed by atoms with Gasteiger partial charge in [-0.3, -0.25) is 28.9 Å². The zero-order valence-electron chi connectivity index (χ0n) is 30.7. The van der Waals surface area contributed by atoms with Gasteiger partial charge in [0.2, 0.25) is 5.91 Å². The van der Waals surface area contributed by atoms with Gasteiger partial charge in [-0.25, -0.2) is 4.98 Å². The van der Waals surface area contributed by atoms with Crippen molar-refractivity contribution in [2.45, 2.75) is 51.2 Å². The summed E-state index contributed by atoms with van der Waals surface area (Å²) in [6, 6.07) is 21.7. The Bertz CT molecular complexity index is 2310. The Morgan fingerprint density at radius 3 is 2.28 bits per heavy atom. The third-order valence-electron chi connectivity index (χ3n) is 11.1. The van der Waals surface area contributed by atoms with E-state index < -0.39 is 5.60 Å². The summed E-state index contributed by atoms with van der Waals surface area (Å²) >= 11 is 1.46. The molecule has 1 N–H and O–H groups in total. The molecule has 0 bridgehead atoms. The molecule has 7 heterocycles. The highest BCUT2D eigenvalue weighted by molar-refractivity contribution is 7.18. The third-order valence-corrected chi connectivity index (χ3v) is 12.3. The number of hydrogen-bond acceptors (Lipinski definition) is 8. The second-order valence-corrected chi connectivity index (χ2v) is 15.8. The minimum absolute atomic E-state index is 0.0435. The van der Waals surface area contributed by atoms with E-state index in [4.69, 9.17) is 0 Å². The maximum absolute atomic E-state index is 14.4. The third kappa shape index (κ3) is 6.87. The first-order chi connectivity index (χ1) is 26.1. The molecule has 11 nitrogen and oxygen atoms in total. The number of hydrogen-bond donors (Lipinski definition) is 1. The standard InChI is InChI=1S/C42H43N7O4S/c1-27-9-11-30(22-43-27)34-21-36(54-37(34)31-12-10-28(2)44-23-31)41(52)48-18-14-32(35(24-48)29-7-5-4-6-8-29)39(50)47-19-15-42(53,16-20-47)25-49-26-45-38-33(40(49)51)13-17-46(38)3/h4-13,17,21-23,26,32,35,53H,14-16,18-20,24-25H2,1-3H3/t32-,35+/m1/s1. The molecule has 8 rings (SSSR count). The van der Waals surface area contributed by atoms with Crippen LogP contribution in [-0.2, 0) is 18.4 Å². The van der Waals surface area contributed by atoms with E-state index in [2.05, 4.69) is 15.0 Å². The van der Waals surface area contributed by atoms with E-state index in [9.17, 15) is 19.5 Å². The molecule has 0 unspecified atom stereocenters. The fraction of sp³-hybridized carbons (Fsp3) is 0.333. The van der Waals surface area contributed by atoms with Crippen LogP contribution in [0.25, 0.3) is 32.6 Å². The number of pyridine rings is 2. The van der Waals surface area contributed by atoms with Gasteiger partial charge < -0.3 is 19.5 Å². The first kappa shape index (κ1) is 35.6. The molecule has 2 saturated heterocycles. The normalized spacial score (nSPS) is 18.6. The fourth-order valence-corrected chi connectivity index (χ4v) is 9.07. The highest BCUT2D eigenvalue weighted by atomic mass is 32.1. The predicted molar refractivity (Wildman–Crippen MR) is 209 cm³/mol. The number of aliphatic hydroxyl groups is 1. The summed E-state index contributed by atoms with van der Waals surface area (Å²) in [6.07, 6.45) is 8.22. The summed E-state index contributed by atoms with van der Waals surface area (Å²) in [5, 5.41) is 12.1. The van der Waals surface area contributed by atoms with E-state index in [0.717, 1.165) is 38.5 Å². The van der Waals surface area contributed by atoms with E-state index in [1.54, 1.807) is 16.8 Å². The molecule has 2 atom stereocenters. The topological polar surface area (TPSA) is 126 Å². The summed E-state index contributed by atoms with van der Waals surface area (Å²) in [7, 11) is 1.84. The lowest BCUT2D eigenvalue weighted by molar-refractivity contribution is -0.142. The zero-order chi connectivity index (χ0) is 37.6. The molecule has 2 fully saturated rings. The largest absolute Gasteiger partial charge is 0.388 e. The fourth-order valence-electron chi connectivity index (χ4n) is 7.93.